The fourth-order valence-corrected chi connectivity index (χ4v) is 2.58. The number of hydrogen-bond acceptors (Lipinski definition) is 5. The summed E-state index contributed by atoms with van der Waals surface area (Å²) in [6, 6.07) is 9.74. The standard InChI is InChI=1S/C17H20N4O2/c1-13-3-2-4-14(9-13)10-17(22)20-15-11-16(19-12-18-15)21-5-7-23-8-6-21/h2-4,9,11-12H,5-8,10H2,1H3,(H,18,19,20,22). The molecule has 2 heterocycles. The van der Waals surface area contributed by atoms with Crippen LogP contribution in [0.15, 0.2) is 36.7 Å². The van der Waals surface area contributed by atoms with Crippen molar-refractivity contribution in [2.75, 3.05) is 36.5 Å². The predicted molar refractivity (Wildman–Crippen MR) is 88.6 cm³/mol. The molecule has 3 rings (SSSR count). The molecule has 0 unspecified atom stereocenters. The van der Waals surface area contributed by atoms with E-state index in [1.807, 2.05) is 31.2 Å². The summed E-state index contributed by atoms with van der Waals surface area (Å²) in [6.45, 7) is 5.00. The number of ether oxygens (including phenoxy) is 1. The van der Waals surface area contributed by atoms with Crippen LogP contribution in [-0.4, -0.2) is 42.2 Å². The second kappa shape index (κ2) is 7.19. The number of hydrogen-bond donors (Lipinski definition) is 1. The molecule has 0 radical (unpaired) electrons. The molecule has 1 N–H and O–H groups in total. The highest BCUT2D eigenvalue weighted by Crippen LogP contribution is 2.15. The summed E-state index contributed by atoms with van der Waals surface area (Å²) in [5, 5.41) is 2.84. The third-order valence-corrected chi connectivity index (χ3v) is 3.70. The van der Waals surface area contributed by atoms with Crippen molar-refractivity contribution in [1.82, 2.24) is 9.97 Å². The van der Waals surface area contributed by atoms with E-state index in [1.54, 1.807) is 6.07 Å². The maximum Gasteiger partial charge on any atom is 0.229 e. The largest absolute Gasteiger partial charge is 0.378 e. The maximum atomic E-state index is 12.2. The van der Waals surface area contributed by atoms with Gasteiger partial charge in [0.15, 0.2) is 0 Å². The molecule has 1 amide bonds. The minimum atomic E-state index is -0.0813. The van der Waals surface area contributed by atoms with E-state index in [0.29, 0.717) is 25.5 Å². The monoisotopic (exact) mass is 312 g/mol. The molecule has 120 valence electrons. The molecule has 0 spiro atoms. The molecule has 6 nitrogen and oxygen atoms in total. The van der Waals surface area contributed by atoms with Crippen molar-refractivity contribution in [2.45, 2.75) is 13.3 Å². The van der Waals surface area contributed by atoms with Crippen molar-refractivity contribution in [2.24, 2.45) is 0 Å². The van der Waals surface area contributed by atoms with Crippen LogP contribution in [0.1, 0.15) is 11.1 Å². The van der Waals surface area contributed by atoms with Crippen LogP contribution in [0.3, 0.4) is 0 Å². The molecule has 1 aromatic carbocycles. The molecule has 1 fully saturated rings. The van der Waals surface area contributed by atoms with Gasteiger partial charge in [0.05, 0.1) is 19.6 Å². The fourth-order valence-electron chi connectivity index (χ4n) is 2.58. The summed E-state index contributed by atoms with van der Waals surface area (Å²) < 4.78 is 5.34. The fraction of sp³-hybridized carbons (Fsp3) is 0.353. The van der Waals surface area contributed by atoms with Gasteiger partial charge in [-0.05, 0) is 12.5 Å². The SMILES string of the molecule is Cc1cccc(CC(=O)Nc2cc(N3CCOCC3)ncn2)c1. The Labute approximate surface area is 135 Å². The van der Waals surface area contributed by atoms with E-state index in [-0.39, 0.29) is 5.91 Å². The van der Waals surface area contributed by atoms with Crippen molar-refractivity contribution in [3.63, 3.8) is 0 Å². The molecule has 1 aromatic heterocycles. The minimum Gasteiger partial charge on any atom is -0.378 e. The first-order chi connectivity index (χ1) is 11.2. The quantitative estimate of drug-likeness (QED) is 0.932. The predicted octanol–water partition coefficient (Wildman–Crippen LogP) is 1.80. The summed E-state index contributed by atoms with van der Waals surface area (Å²) in [4.78, 5) is 22.7. The molecule has 1 aliphatic heterocycles. The summed E-state index contributed by atoms with van der Waals surface area (Å²) in [6.07, 6.45) is 1.81. The molecule has 2 aromatic rings. The van der Waals surface area contributed by atoms with Gasteiger partial charge in [-0.1, -0.05) is 29.8 Å². The van der Waals surface area contributed by atoms with Gasteiger partial charge in [0, 0.05) is 19.2 Å². The van der Waals surface area contributed by atoms with Crippen molar-refractivity contribution >= 4 is 17.5 Å². The Bertz CT molecular complexity index is 684. The van der Waals surface area contributed by atoms with E-state index in [0.717, 1.165) is 30.0 Å². The topological polar surface area (TPSA) is 67.4 Å². The Morgan fingerprint density at radius 3 is 2.87 bits per heavy atom. The van der Waals surface area contributed by atoms with Gasteiger partial charge in [0.25, 0.3) is 0 Å². The average molecular weight is 312 g/mol. The zero-order valence-corrected chi connectivity index (χ0v) is 13.2. The summed E-state index contributed by atoms with van der Waals surface area (Å²) in [5.41, 5.74) is 2.14. The summed E-state index contributed by atoms with van der Waals surface area (Å²) >= 11 is 0. The Morgan fingerprint density at radius 1 is 1.26 bits per heavy atom. The zero-order chi connectivity index (χ0) is 16.1. The van der Waals surface area contributed by atoms with Crippen molar-refractivity contribution in [3.8, 4) is 0 Å². The zero-order valence-electron chi connectivity index (χ0n) is 13.2. The molecule has 1 saturated heterocycles. The number of nitrogens with one attached hydrogen (secondary N) is 1. The van der Waals surface area contributed by atoms with E-state index < -0.39 is 0 Å². The van der Waals surface area contributed by atoms with Crippen molar-refractivity contribution in [3.05, 3.63) is 47.8 Å². The van der Waals surface area contributed by atoms with Crippen molar-refractivity contribution < 1.29 is 9.53 Å². The van der Waals surface area contributed by atoms with E-state index in [1.165, 1.54) is 6.33 Å². The van der Waals surface area contributed by atoms with Gasteiger partial charge >= 0.3 is 0 Å². The maximum absolute atomic E-state index is 12.2. The van der Waals surface area contributed by atoms with Crippen molar-refractivity contribution in [1.29, 1.82) is 0 Å². The normalized spacial score (nSPS) is 14.6. The van der Waals surface area contributed by atoms with E-state index in [9.17, 15) is 4.79 Å². The van der Waals surface area contributed by atoms with Crippen LogP contribution in [0.25, 0.3) is 0 Å². The second-order valence-electron chi connectivity index (χ2n) is 5.57. The average Bonchev–Trinajstić information content (AvgIpc) is 2.56. The lowest BCUT2D eigenvalue weighted by Crippen LogP contribution is -2.36. The number of aryl methyl sites for hydroxylation is 1. The number of morpholine rings is 1. The molecular formula is C17H20N4O2. The smallest absolute Gasteiger partial charge is 0.229 e. The summed E-state index contributed by atoms with van der Waals surface area (Å²) in [5.74, 6) is 1.26. The lowest BCUT2D eigenvalue weighted by molar-refractivity contribution is -0.115. The molecule has 0 saturated carbocycles. The Kier molecular flexibility index (Phi) is 4.83. The van der Waals surface area contributed by atoms with E-state index in [4.69, 9.17) is 4.74 Å². The minimum absolute atomic E-state index is 0.0813. The van der Waals surface area contributed by atoms with Gasteiger partial charge in [0.1, 0.15) is 18.0 Å². The molecule has 23 heavy (non-hydrogen) atoms. The number of nitrogens with zero attached hydrogens (tertiary/aromatic N) is 3. The first-order valence-electron chi connectivity index (χ1n) is 7.71. The van der Waals surface area contributed by atoms with Gasteiger partial charge in [-0.2, -0.15) is 0 Å². The number of anilines is 2. The first-order valence-corrected chi connectivity index (χ1v) is 7.71. The van der Waals surface area contributed by atoms with Crippen LogP contribution >= 0.6 is 0 Å². The molecule has 0 aliphatic carbocycles. The third-order valence-electron chi connectivity index (χ3n) is 3.70. The van der Waals surface area contributed by atoms with Crippen LogP contribution in [0.2, 0.25) is 0 Å². The van der Waals surface area contributed by atoms with Gasteiger partial charge in [0.2, 0.25) is 5.91 Å². The Morgan fingerprint density at radius 2 is 2.09 bits per heavy atom. The molecule has 0 bridgehead atoms. The highest BCUT2D eigenvalue weighted by molar-refractivity contribution is 5.91. The number of aromatic nitrogens is 2. The first kappa shape index (κ1) is 15.4. The second-order valence-corrected chi connectivity index (χ2v) is 5.57. The number of benzene rings is 1. The molecule has 0 atom stereocenters. The number of amides is 1. The van der Waals surface area contributed by atoms with Gasteiger partial charge in [-0.25, -0.2) is 9.97 Å². The molecule has 1 aliphatic rings. The lowest BCUT2D eigenvalue weighted by Gasteiger charge is -2.27. The van der Waals surface area contributed by atoms with Crippen LogP contribution in [0.5, 0.6) is 0 Å². The van der Waals surface area contributed by atoms with Gasteiger partial charge in [-0.15, -0.1) is 0 Å². The van der Waals surface area contributed by atoms with Crippen LogP contribution in [0.4, 0.5) is 11.6 Å². The highest BCUT2D eigenvalue weighted by atomic mass is 16.5. The number of carbonyl (C=O) groups is 1. The Balaban J connectivity index is 1.64. The lowest BCUT2D eigenvalue weighted by atomic mass is 10.1. The Hall–Kier alpha value is -2.47. The summed E-state index contributed by atoms with van der Waals surface area (Å²) in [7, 11) is 0. The number of rotatable bonds is 4. The number of carbonyl (C=O) groups excluding carboxylic acids is 1. The van der Waals surface area contributed by atoms with E-state index >= 15 is 0 Å². The van der Waals surface area contributed by atoms with Crippen LogP contribution in [-0.2, 0) is 16.0 Å². The van der Waals surface area contributed by atoms with E-state index in [2.05, 4.69) is 20.2 Å². The third kappa shape index (κ3) is 4.26. The van der Waals surface area contributed by atoms with Crippen LogP contribution < -0.4 is 10.2 Å². The van der Waals surface area contributed by atoms with Gasteiger partial charge in [-0.3, -0.25) is 4.79 Å². The highest BCUT2D eigenvalue weighted by Gasteiger charge is 2.13. The molecule has 6 heteroatoms. The van der Waals surface area contributed by atoms with Crippen LogP contribution in [0, 0.1) is 6.92 Å². The van der Waals surface area contributed by atoms with Gasteiger partial charge < -0.3 is 15.0 Å². The molecular weight excluding hydrogens is 292 g/mol.